The molecule has 1 fully saturated rings. The number of hydrogen-bond acceptors (Lipinski definition) is 6. The normalized spacial score (nSPS) is 18.1. The molecule has 30 heavy (non-hydrogen) atoms. The average Bonchev–Trinajstić information content (AvgIpc) is 3.34. The smallest absolute Gasteiger partial charge is 0.237 e. The van der Waals surface area contributed by atoms with Crippen molar-refractivity contribution in [3.8, 4) is 23.0 Å². The lowest BCUT2D eigenvalue weighted by molar-refractivity contribution is 0.114. The maximum atomic E-state index is 10.3. The van der Waals surface area contributed by atoms with Crippen molar-refractivity contribution in [1.82, 2.24) is 19.9 Å². The molecule has 1 saturated heterocycles. The van der Waals surface area contributed by atoms with Crippen molar-refractivity contribution in [1.29, 1.82) is 0 Å². The summed E-state index contributed by atoms with van der Waals surface area (Å²) in [5.74, 6) is 2.10. The first-order chi connectivity index (χ1) is 14.7. The third-order valence-corrected chi connectivity index (χ3v) is 5.53. The highest BCUT2D eigenvalue weighted by atomic mass is 16.5. The molecule has 2 aromatic heterocycles. The summed E-state index contributed by atoms with van der Waals surface area (Å²) in [7, 11) is 2.14. The Morgan fingerprint density at radius 3 is 2.77 bits per heavy atom. The summed E-state index contributed by atoms with van der Waals surface area (Å²) < 4.78 is 6.11. The first-order valence-corrected chi connectivity index (χ1v) is 10.1. The SMILES string of the molecule is CN1CCC(Oc2ccc(-c3nc(O)c(C=C4C=Nc5ncccc54)[nH]3)cc2)CC1. The number of aromatic amines is 1. The Morgan fingerprint density at radius 1 is 1.17 bits per heavy atom. The van der Waals surface area contributed by atoms with Crippen LogP contribution >= 0.6 is 0 Å². The standard InChI is InChI=1S/C23H23N5O2/c1-28-11-8-18(9-12-28)30-17-6-4-15(5-7-17)21-26-20(23(29)27-21)13-16-14-25-22-19(16)3-2-10-24-22/h2-7,10,13-14,18,29H,8-9,11-12H2,1H3,(H,26,27). The molecule has 152 valence electrons. The van der Waals surface area contributed by atoms with Crippen molar-refractivity contribution in [3.05, 3.63) is 53.9 Å². The molecule has 4 heterocycles. The molecular formula is C23H23N5O2. The predicted octanol–water partition coefficient (Wildman–Crippen LogP) is 3.91. The largest absolute Gasteiger partial charge is 0.492 e. The molecule has 5 rings (SSSR count). The summed E-state index contributed by atoms with van der Waals surface area (Å²) in [4.78, 5) is 18.3. The number of nitrogens with one attached hydrogen (secondary N) is 1. The zero-order chi connectivity index (χ0) is 20.5. The summed E-state index contributed by atoms with van der Waals surface area (Å²) >= 11 is 0. The van der Waals surface area contributed by atoms with E-state index in [1.807, 2.05) is 42.5 Å². The van der Waals surface area contributed by atoms with Crippen LogP contribution < -0.4 is 4.74 Å². The van der Waals surface area contributed by atoms with Gasteiger partial charge in [-0.25, -0.2) is 9.98 Å². The second-order valence-corrected chi connectivity index (χ2v) is 7.70. The van der Waals surface area contributed by atoms with Crippen molar-refractivity contribution >= 4 is 23.7 Å². The highest BCUT2D eigenvalue weighted by Gasteiger charge is 2.18. The van der Waals surface area contributed by atoms with Gasteiger partial charge in [-0.1, -0.05) is 0 Å². The third-order valence-electron chi connectivity index (χ3n) is 5.53. The molecule has 7 heteroatoms. The topological polar surface area (TPSA) is 86.6 Å². The number of aromatic hydroxyl groups is 1. The van der Waals surface area contributed by atoms with Crippen LogP contribution in [0.1, 0.15) is 24.1 Å². The molecule has 3 aromatic rings. The van der Waals surface area contributed by atoms with Crippen LogP contribution in [-0.2, 0) is 0 Å². The number of imidazole rings is 1. The monoisotopic (exact) mass is 401 g/mol. The molecule has 0 bridgehead atoms. The van der Waals surface area contributed by atoms with E-state index < -0.39 is 0 Å². The summed E-state index contributed by atoms with van der Waals surface area (Å²) in [5.41, 5.74) is 3.23. The van der Waals surface area contributed by atoms with Crippen molar-refractivity contribution in [2.24, 2.45) is 4.99 Å². The molecule has 0 aliphatic carbocycles. The lowest BCUT2D eigenvalue weighted by atomic mass is 10.1. The number of benzene rings is 1. The summed E-state index contributed by atoms with van der Waals surface area (Å²) in [6.45, 7) is 2.13. The van der Waals surface area contributed by atoms with E-state index in [0.29, 0.717) is 17.3 Å². The highest BCUT2D eigenvalue weighted by Crippen LogP contribution is 2.32. The molecule has 0 unspecified atom stereocenters. The Labute approximate surface area is 174 Å². The Kier molecular flexibility index (Phi) is 4.80. The molecule has 0 radical (unpaired) electrons. The van der Waals surface area contributed by atoms with Crippen molar-refractivity contribution < 1.29 is 9.84 Å². The molecule has 2 aliphatic heterocycles. The molecule has 0 saturated carbocycles. The van der Waals surface area contributed by atoms with E-state index in [1.54, 1.807) is 12.4 Å². The summed E-state index contributed by atoms with van der Waals surface area (Å²) in [6.07, 6.45) is 7.65. The van der Waals surface area contributed by atoms with E-state index in [-0.39, 0.29) is 12.0 Å². The Bertz CT molecular complexity index is 1110. The van der Waals surface area contributed by atoms with Crippen LogP contribution in [0.15, 0.2) is 47.6 Å². The van der Waals surface area contributed by atoms with E-state index >= 15 is 0 Å². The number of aliphatic imine (C=N–C) groups is 1. The zero-order valence-electron chi connectivity index (χ0n) is 16.7. The van der Waals surface area contributed by atoms with Gasteiger partial charge in [-0.2, -0.15) is 4.98 Å². The van der Waals surface area contributed by atoms with Gasteiger partial charge in [-0.3, -0.25) is 0 Å². The number of ether oxygens (including phenoxy) is 1. The second-order valence-electron chi connectivity index (χ2n) is 7.70. The minimum atomic E-state index is -0.0464. The number of H-pyrrole nitrogens is 1. The van der Waals surface area contributed by atoms with Gasteiger partial charge in [0, 0.05) is 42.2 Å². The van der Waals surface area contributed by atoms with Gasteiger partial charge in [0.15, 0.2) is 5.82 Å². The number of allylic oxidation sites excluding steroid dienone is 1. The van der Waals surface area contributed by atoms with E-state index in [2.05, 4.69) is 31.9 Å². The number of nitrogens with zero attached hydrogens (tertiary/aromatic N) is 4. The lowest BCUT2D eigenvalue weighted by Gasteiger charge is -2.29. The van der Waals surface area contributed by atoms with Gasteiger partial charge in [0.2, 0.25) is 5.88 Å². The number of fused-ring (bicyclic) bond motifs is 1. The average molecular weight is 401 g/mol. The zero-order valence-corrected chi connectivity index (χ0v) is 16.7. The van der Waals surface area contributed by atoms with Crippen molar-refractivity contribution in [2.45, 2.75) is 18.9 Å². The van der Waals surface area contributed by atoms with Crippen LogP contribution in [0.25, 0.3) is 23.0 Å². The Hall–Kier alpha value is -3.45. The van der Waals surface area contributed by atoms with Crippen LogP contribution in [0.3, 0.4) is 0 Å². The van der Waals surface area contributed by atoms with Crippen molar-refractivity contribution in [2.75, 3.05) is 20.1 Å². The molecule has 1 aromatic carbocycles. The fourth-order valence-corrected chi connectivity index (χ4v) is 3.80. The summed E-state index contributed by atoms with van der Waals surface area (Å²) in [5, 5.41) is 10.3. The van der Waals surface area contributed by atoms with Gasteiger partial charge in [0.1, 0.15) is 23.4 Å². The molecule has 0 atom stereocenters. The number of aromatic nitrogens is 3. The number of likely N-dealkylation sites (tertiary alicyclic amines) is 1. The highest BCUT2D eigenvalue weighted by molar-refractivity contribution is 6.20. The van der Waals surface area contributed by atoms with Crippen LogP contribution in [0.4, 0.5) is 5.82 Å². The third kappa shape index (κ3) is 3.71. The first-order valence-electron chi connectivity index (χ1n) is 10.1. The van der Waals surface area contributed by atoms with Crippen LogP contribution in [-0.4, -0.2) is 57.4 Å². The fraction of sp³-hybridized carbons (Fsp3) is 0.261. The van der Waals surface area contributed by atoms with E-state index in [9.17, 15) is 5.11 Å². The van der Waals surface area contributed by atoms with E-state index in [4.69, 9.17) is 4.74 Å². The predicted molar refractivity (Wildman–Crippen MR) is 117 cm³/mol. The van der Waals surface area contributed by atoms with Crippen molar-refractivity contribution in [3.63, 3.8) is 0 Å². The molecule has 0 amide bonds. The van der Waals surface area contributed by atoms with Crippen LogP contribution in [0, 0.1) is 0 Å². The molecule has 7 nitrogen and oxygen atoms in total. The first kappa shape index (κ1) is 18.6. The van der Waals surface area contributed by atoms with Gasteiger partial charge >= 0.3 is 0 Å². The van der Waals surface area contributed by atoms with Gasteiger partial charge in [0.05, 0.1) is 0 Å². The van der Waals surface area contributed by atoms with Crippen LogP contribution in [0.5, 0.6) is 11.6 Å². The molecule has 2 aliphatic rings. The minimum absolute atomic E-state index is 0.0464. The number of rotatable bonds is 4. The van der Waals surface area contributed by atoms with Gasteiger partial charge < -0.3 is 19.7 Å². The quantitative estimate of drug-likeness (QED) is 0.692. The molecular weight excluding hydrogens is 378 g/mol. The fourth-order valence-electron chi connectivity index (χ4n) is 3.80. The van der Waals surface area contributed by atoms with E-state index in [1.165, 1.54) is 0 Å². The molecule has 2 N–H and O–H groups in total. The minimum Gasteiger partial charge on any atom is -0.492 e. The van der Waals surface area contributed by atoms with Gasteiger partial charge in [-0.15, -0.1) is 0 Å². The number of pyridine rings is 1. The van der Waals surface area contributed by atoms with Crippen LogP contribution in [0.2, 0.25) is 0 Å². The van der Waals surface area contributed by atoms with Gasteiger partial charge in [-0.05, 0) is 62.4 Å². The lowest BCUT2D eigenvalue weighted by Crippen LogP contribution is -2.35. The van der Waals surface area contributed by atoms with E-state index in [0.717, 1.165) is 48.4 Å². The summed E-state index contributed by atoms with van der Waals surface area (Å²) in [6, 6.07) is 11.6. The second kappa shape index (κ2) is 7.76. The maximum absolute atomic E-state index is 10.3. The number of hydrogen-bond donors (Lipinski definition) is 2. The number of piperidine rings is 1. The Morgan fingerprint density at radius 2 is 1.97 bits per heavy atom. The van der Waals surface area contributed by atoms with Gasteiger partial charge in [0.25, 0.3) is 0 Å². The Balaban J connectivity index is 1.33. The maximum Gasteiger partial charge on any atom is 0.237 e. The molecule has 0 spiro atoms.